The maximum atomic E-state index is 12.3. The molecule has 0 unspecified atom stereocenters. The van der Waals surface area contributed by atoms with Crippen LogP contribution in [0.1, 0.15) is 6.42 Å². The van der Waals surface area contributed by atoms with E-state index in [4.69, 9.17) is 27.5 Å². The first-order valence-corrected chi connectivity index (χ1v) is 7.84. The summed E-state index contributed by atoms with van der Waals surface area (Å²) in [7, 11) is 1.48. The van der Waals surface area contributed by atoms with Gasteiger partial charge in [-0.2, -0.15) is 0 Å². The highest BCUT2D eigenvalue weighted by atomic mass is 35.5. The number of anilines is 1. The van der Waals surface area contributed by atoms with Gasteiger partial charge in [-0.05, 0) is 18.2 Å². The van der Waals surface area contributed by atoms with E-state index in [1.54, 1.807) is 18.2 Å². The van der Waals surface area contributed by atoms with Crippen LogP contribution in [-0.2, 0) is 19.1 Å². The van der Waals surface area contributed by atoms with Gasteiger partial charge in [0, 0.05) is 18.0 Å². The standard InChI is InChI=1S/C17H17ClN2O5/c1-3-6-19-15(21)10-25-17(23)11-7-16(22)20(9-11)13-8-12(18)4-5-14(13)24-2/h1,4-5,8,11H,6-7,9-10H2,2H3,(H,19,21)/t11-/m1/s1. The zero-order valence-corrected chi connectivity index (χ0v) is 14.3. The maximum Gasteiger partial charge on any atom is 0.311 e. The molecule has 1 aliphatic rings. The monoisotopic (exact) mass is 364 g/mol. The fraction of sp³-hybridized carbons (Fsp3) is 0.353. The molecule has 1 atom stereocenters. The summed E-state index contributed by atoms with van der Waals surface area (Å²) in [5.41, 5.74) is 0.488. The molecule has 0 saturated carbocycles. The van der Waals surface area contributed by atoms with E-state index < -0.39 is 24.4 Å². The second-order valence-corrected chi connectivity index (χ2v) is 5.75. The van der Waals surface area contributed by atoms with Crippen molar-refractivity contribution >= 4 is 35.1 Å². The molecule has 25 heavy (non-hydrogen) atoms. The van der Waals surface area contributed by atoms with Gasteiger partial charge >= 0.3 is 5.97 Å². The van der Waals surface area contributed by atoms with Crippen LogP contribution < -0.4 is 15.0 Å². The number of ether oxygens (including phenoxy) is 2. The van der Waals surface area contributed by atoms with Crippen LogP contribution in [0.4, 0.5) is 5.69 Å². The van der Waals surface area contributed by atoms with Crippen molar-refractivity contribution in [2.45, 2.75) is 6.42 Å². The van der Waals surface area contributed by atoms with Crippen molar-refractivity contribution in [1.29, 1.82) is 0 Å². The van der Waals surface area contributed by atoms with Crippen LogP contribution in [0, 0.1) is 18.3 Å². The van der Waals surface area contributed by atoms with Crippen LogP contribution in [0.5, 0.6) is 5.75 Å². The highest BCUT2D eigenvalue weighted by molar-refractivity contribution is 6.31. The lowest BCUT2D eigenvalue weighted by Crippen LogP contribution is -2.31. The average Bonchev–Trinajstić information content (AvgIpc) is 2.99. The number of hydrogen-bond acceptors (Lipinski definition) is 5. The first-order valence-electron chi connectivity index (χ1n) is 7.47. The molecular weight excluding hydrogens is 348 g/mol. The van der Waals surface area contributed by atoms with Gasteiger partial charge in [-0.25, -0.2) is 0 Å². The number of nitrogens with one attached hydrogen (secondary N) is 1. The Morgan fingerprint density at radius 3 is 2.92 bits per heavy atom. The Bertz CT molecular complexity index is 728. The zero-order chi connectivity index (χ0) is 18.4. The summed E-state index contributed by atoms with van der Waals surface area (Å²) < 4.78 is 10.2. The predicted octanol–water partition coefficient (Wildman–Crippen LogP) is 0.994. The Morgan fingerprint density at radius 2 is 2.24 bits per heavy atom. The Balaban J connectivity index is 2.00. The number of rotatable bonds is 6. The summed E-state index contributed by atoms with van der Waals surface area (Å²) in [5, 5.41) is 2.83. The molecule has 1 aromatic rings. The van der Waals surface area contributed by atoms with Crippen molar-refractivity contribution in [1.82, 2.24) is 5.32 Å². The lowest BCUT2D eigenvalue weighted by atomic mass is 10.1. The van der Waals surface area contributed by atoms with Crippen LogP contribution in [0.25, 0.3) is 0 Å². The molecule has 2 amide bonds. The van der Waals surface area contributed by atoms with Crippen molar-refractivity contribution in [3.8, 4) is 18.1 Å². The van der Waals surface area contributed by atoms with Gasteiger partial charge in [-0.1, -0.05) is 17.5 Å². The molecular formula is C17H17ClN2O5. The maximum absolute atomic E-state index is 12.3. The number of carbonyl (C=O) groups is 3. The minimum atomic E-state index is -0.670. The summed E-state index contributed by atoms with van der Waals surface area (Å²) in [6.45, 7) is -0.257. The predicted molar refractivity (Wildman–Crippen MR) is 91.3 cm³/mol. The van der Waals surface area contributed by atoms with E-state index in [0.717, 1.165) is 0 Å². The fourth-order valence-corrected chi connectivity index (χ4v) is 2.59. The molecule has 0 radical (unpaired) electrons. The third-order valence-corrected chi connectivity index (χ3v) is 3.86. The Kier molecular flexibility index (Phi) is 6.25. The number of halogens is 1. The molecule has 7 nitrogen and oxygen atoms in total. The lowest BCUT2D eigenvalue weighted by Gasteiger charge is -2.19. The molecule has 1 aromatic carbocycles. The van der Waals surface area contributed by atoms with Crippen molar-refractivity contribution in [2.24, 2.45) is 5.92 Å². The largest absolute Gasteiger partial charge is 0.495 e. The average molecular weight is 365 g/mol. The topological polar surface area (TPSA) is 84.9 Å². The van der Waals surface area contributed by atoms with Gasteiger partial charge in [0.25, 0.3) is 5.91 Å². The molecule has 1 heterocycles. The Hall–Kier alpha value is -2.72. The molecule has 0 bridgehead atoms. The van der Waals surface area contributed by atoms with Gasteiger partial charge in [0.05, 0.1) is 25.3 Å². The number of benzene rings is 1. The van der Waals surface area contributed by atoms with Gasteiger partial charge < -0.3 is 19.7 Å². The van der Waals surface area contributed by atoms with E-state index in [1.807, 2.05) is 0 Å². The van der Waals surface area contributed by atoms with Gasteiger partial charge in [-0.3, -0.25) is 14.4 Å². The molecule has 0 spiro atoms. The smallest absolute Gasteiger partial charge is 0.311 e. The SMILES string of the molecule is C#CCNC(=O)COC(=O)[C@@H]1CC(=O)N(c2cc(Cl)ccc2OC)C1. The van der Waals surface area contributed by atoms with E-state index >= 15 is 0 Å². The quantitative estimate of drug-likeness (QED) is 0.601. The fourth-order valence-electron chi connectivity index (χ4n) is 2.43. The van der Waals surface area contributed by atoms with E-state index in [1.165, 1.54) is 12.0 Å². The van der Waals surface area contributed by atoms with Gasteiger partial charge in [0.15, 0.2) is 6.61 Å². The zero-order valence-electron chi connectivity index (χ0n) is 13.6. The van der Waals surface area contributed by atoms with Crippen molar-refractivity contribution < 1.29 is 23.9 Å². The number of hydrogen-bond donors (Lipinski definition) is 1. The number of carbonyl (C=O) groups excluding carboxylic acids is 3. The van der Waals surface area contributed by atoms with Crippen molar-refractivity contribution in [3.63, 3.8) is 0 Å². The van der Waals surface area contributed by atoms with Gasteiger partial charge in [0.2, 0.25) is 5.91 Å². The van der Waals surface area contributed by atoms with Crippen molar-refractivity contribution in [2.75, 3.05) is 31.7 Å². The van der Waals surface area contributed by atoms with Crippen molar-refractivity contribution in [3.05, 3.63) is 23.2 Å². The van der Waals surface area contributed by atoms with Gasteiger partial charge in [0.1, 0.15) is 5.75 Å². The van der Waals surface area contributed by atoms with Crippen LogP contribution >= 0.6 is 11.6 Å². The minimum absolute atomic E-state index is 0.0134. The normalized spacial score (nSPS) is 16.3. The summed E-state index contributed by atoms with van der Waals surface area (Å²) in [5.74, 6) is 0.678. The van der Waals surface area contributed by atoms with Crippen LogP contribution in [0.15, 0.2) is 18.2 Å². The van der Waals surface area contributed by atoms with E-state index in [-0.39, 0.29) is 25.4 Å². The Labute approximate surface area is 150 Å². The molecule has 0 aromatic heterocycles. The highest BCUT2D eigenvalue weighted by Crippen LogP contribution is 2.35. The second kappa shape index (κ2) is 8.40. The van der Waals surface area contributed by atoms with Gasteiger partial charge in [-0.15, -0.1) is 6.42 Å². The summed E-state index contributed by atoms with van der Waals surface area (Å²) in [4.78, 5) is 37.2. The number of nitrogens with zero attached hydrogens (tertiary/aromatic N) is 1. The van der Waals surface area contributed by atoms with E-state index in [9.17, 15) is 14.4 Å². The highest BCUT2D eigenvalue weighted by Gasteiger charge is 2.37. The minimum Gasteiger partial charge on any atom is -0.495 e. The lowest BCUT2D eigenvalue weighted by molar-refractivity contribution is -0.152. The molecule has 2 rings (SSSR count). The Morgan fingerprint density at radius 1 is 1.48 bits per heavy atom. The molecule has 8 heteroatoms. The third-order valence-electron chi connectivity index (χ3n) is 3.62. The number of terminal acetylenes is 1. The first kappa shape index (κ1) is 18.6. The van der Waals surface area contributed by atoms with E-state index in [0.29, 0.717) is 16.5 Å². The molecule has 1 fully saturated rings. The van der Waals surface area contributed by atoms with Crippen LogP contribution in [0.3, 0.4) is 0 Å². The number of methoxy groups -OCH3 is 1. The second-order valence-electron chi connectivity index (χ2n) is 5.31. The first-order chi connectivity index (χ1) is 12.0. The molecule has 0 aliphatic carbocycles. The summed E-state index contributed by atoms with van der Waals surface area (Å²) in [6, 6.07) is 4.89. The molecule has 1 aliphatic heterocycles. The molecule has 1 N–H and O–H groups in total. The number of esters is 1. The third kappa shape index (κ3) is 4.64. The molecule has 1 saturated heterocycles. The van der Waals surface area contributed by atoms with Crippen LogP contribution in [-0.4, -0.2) is 44.6 Å². The number of amides is 2. The summed E-state index contributed by atoms with van der Waals surface area (Å²) >= 11 is 5.98. The van der Waals surface area contributed by atoms with Crippen LogP contribution in [0.2, 0.25) is 5.02 Å². The summed E-state index contributed by atoms with van der Waals surface area (Å²) in [6.07, 6.45) is 5.00. The van der Waals surface area contributed by atoms with E-state index in [2.05, 4.69) is 11.2 Å². The molecule has 132 valence electrons.